The molecule has 0 aromatic heterocycles. The van der Waals surface area contributed by atoms with Gasteiger partial charge in [-0.05, 0) is 29.3 Å². The normalized spacial score (nSPS) is 10.3. The van der Waals surface area contributed by atoms with Gasteiger partial charge in [0, 0.05) is 23.8 Å². The maximum absolute atomic E-state index is 11.4. The summed E-state index contributed by atoms with van der Waals surface area (Å²) in [5.41, 5.74) is 14.2. The molecule has 0 unspecified atom stereocenters. The van der Waals surface area contributed by atoms with E-state index in [1.165, 1.54) is 0 Å². The predicted octanol–water partition coefficient (Wildman–Crippen LogP) is 2.51. The topological polar surface area (TPSA) is 81.1 Å². The molecule has 0 bridgehead atoms. The van der Waals surface area contributed by atoms with Gasteiger partial charge in [-0.2, -0.15) is 0 Å². The molecular weight excluding hydrogens is 274 g/mol. The molecule has 2 aromatic carbocycles. The smallest absolute Gasteiger partial charge is 0.250 e. The SMILES string of the molecule is NCc1ccccc1CNc1cc(Cl)ccc1C(N)=O. The van der Waals surface area contributed by atoms with Crippen molar-refractivity contribution in [3.63, 3.8) is 0 Å². The van der Waals surface area contributed by atoms with Gasteiger partial charge in [0.15, 0.2) is 0 Å². The number of rotatable bonds is 5. The lowest BCUT2D eigenvalue weighted by atomic mass is 10.1. The second-order valence-electron chi connectivity index (χ2n) is 4.38. The minimum absolute atomic E-state index is 0.416. The molecule has 0 radical (unpaired) electrons. The third-order valence-electron chi connectivity index (χ3n) is 3.05. The molecule has 20 heavy (non-hydrogen) atoms. The summed E-state index contributed by atoms with van der Waals surface area (Å²) in [6.07, 6.45) is 0. The molecule has 2 aromatic rings. The molecule has 0 saturated carbocycles. The quantitative estimate of drug-likeness (QED) is 0.791. The molecule has 0 saturated heterocycles. The Morgan fingerprint density at radius 1 is 1.15 bits per heavy atom. The standard InChI is InChI=1S/C15H16ClN3O/c16-12-5-6-13(15(18)20)14(7-12)19-9-11-4-2-1-3-10(11)8-17/h1-7,19H,8-9,17H2,(H2,18,20). The van der Waals surface area contributed by atoms with Crippen LogP contribution in [0.5, 0.6) is 0 Å². The molecule has 0 fully saturated rings. The van der Waals surface area contributed by atoms with Gasteiger partial charge in [0.2, 0.25) is 0 Å². The number of hydrogen-bond donors (Lipinski definition) is 3. The number of primary amides is 1. The summed E-state index contributed by atoms with van der Waals surface area (Å²) in [5.74, 6) is -0.490. The fourth-order valence-corrected chi connectivity index (χ4v) is 2.17. The largest absolute Gasteiger partial charge is 0.380 e. The Bertz CT molecular complexity index is 628. The minimum atomic E-state index is -0.490. The number of benzene rings is 2. The van der Waals surface area contributed by atoms with Crippen molar-refractivity contribution in [1.29, 1.82) is 0 Å². The van der Waals surface area contributed by atoms with Crippen LogP contribution in [-0.4, -0.2) is 5.91 Å². The second-order valence-corrected chi connectivity index (χ2v) is 4.82. The van der Waals surface area contributed by atoms with Gasteiger partial charge in [0.1, 0.15) is 0 Å². The first-order chi connectivity index (χ1) is 9.61. The number of amides is 1. The van der Waals surface area contributed by atoms with Crippen LogP contribution in [-0.2, 0) is 13.1 Å². The summed E-state index contributed by atoms with van der Waals surface area (Å²) in [6, 6.07) is 12.8. The fourth-order valence-electron chi connectivity index (χ4n) is 2.00. The highest BCUT2D eigenvalue weighted by molar-refractivity contribution is 6.31. The maximum Gasteiger partial charge on any atom is 0.250 e. The molecule has 0 aliphatic carbocycles. The van der Waals surface area contributed by atoms with Crippen molar-refractivity contribution >= 4 is 23.2 Å². The van der Waals surface area contributed by atoms with Gasteiger partial charge >= 0.3 is 0 Å². The van der Waals surface area contributed by atoms with Crippen LogP contribution in [0.4, 0.5) is 5.69 Å². The number of nitrogens with two attached hydrogens (primary N) is 2. The van der Waals surface area contributed by atoms with Gasteiger partial charge in [-0.15, -0.1) is 0 Å². The molecule has 104 valence electrons. The summed E-state index contributed by atoms with van der Waals surface area (Å²) in [6.45, 7) is 1.02. The Morgan fingerprint density at radius 2 is 1.85 bits per heavy atom. The molecule has 2 rings (SSSR count). The number of nitrogens with one attached hydrogen (secondary N) is 1. The van der Waals surface area contributed by atoms with Crippen molar-refractivity contribution in [3.8, 4) is 0 Å². The van der Waals surface area contributed by atoms with E-state index in [-0.39, 0.29) is 0 Å². The van der Waals surface area contributed by atoms with Crippen molar-refractivity contribution in [2.75, 3.05) is 5.32 Å². The Kier molecular flexibility index (Phi) is 4.61. The molecule has 0 atom stereocenters. The maximum atomic E-state index is 11.4. The summed E-state index contributed by atoms with van der Waals surface area (Å²) < 4.78 is 0. The lowest BCUT2D eigenvalue weighted by Gasteiger charge is -2.13. The fraction of sp³-hybridized carbons (Fsp3) is 0.133. The van der Waals surface area contributed by atoms with Crippen LogP contribution in [0.3, 0.4) is 0 Å². The van der Waals surface area contributed by atoms with Crippen LogP contribution >= 0.6 is 11.6 Å². The third-order valence-corrected chi connectivity index (χ3v) is 3.29. The van der Waals surface area contributed by atoms with E-state index in [9.17, 15) is 4.79 Å². The highest BCUT2D eigenvalue weighted by atomic mass is 35.5. The lowest BCUT2D eigenvalue weighted by molar-refractivity contribution is 0.100. The Hall–Kier alpha value is -2.04. The van der Waals surface area contributed by atoms with Crippen molar-refractivity contribution in [3.05, 3.63) is 64.2 Å². The molecule has 0 aliphatic heterocycles. The van der Waals surface area contributed by atoms with Gasteiger partial charge in [-0.25, -0.2) is 0 Å². The zero-order valence-corrected chi connectivity index (χ0v) is 11.7. The van der Waals surface area contributed by atoms with Crippen molar-refractivity contribution in [1.82, 2.24) is 0 Å². The number of hydrogen-bond acceptors (Lipinski definition) is 3. The molecule has 4 nitrogen and oxygen atoms in total. The second kappa shape index (κ2) is 6.41. The first-order valence-corrected chi connectivity index (χ1v) is 6.59. The summed E-state index contributed by atoms with van der Waals surface area (Å²) in [5, 5.41) is 3.73. The lowest BCUT2D eigenvalue weighted by Crippen LogP contribution is -2.15. The van der Waals surface area contributed by atoms with Gasteiger partial charge in [0.05, 0.1) is 5.56 Å². The van der Waals surface area contributed by atoms with Crippen LogP contribution in [0.2, 0.25) is 5.02 Å². The van der Waals surface area contributed by atoms with Crippen LogP contribution in [0.1, 0.15) is 21.5 Å². The third kappa shape index (κ3) is 3.29. The van der Waals surface area contributed by atoms with E-state index in [1.54, 1.807) is 18.2 Å². The summed E-state index contributed by atoms with van der Waals surface area (Å²) in [7, 11) is 0. The van der Waals surface area contributed by atoms with Crippen LogP contribution in [0.15, 0.2) is 42.5 Å². The molecule has 5 N–H and O–H groups in total. The molecule has 0 spiro atoms. The average Bonchev–Trinajstić information content (AvgIpc) is 2.45. The Labute approximate surface area is 122 Å². The van der Waals surface area contributed by atoms with Gasteiger partial charge in [-0.1, -0.05) is 35.9 Å². The van der Waals surface area contributed by atoms with E-state index < -0.39 is 5.91 Å². The number of halogens is 1. The van der Waals surface area contributed by atoms with Crippen LogP contribution in [0, 0.1) is 0 Å². The van der Waals surface area contributed by atoms with E-state index >= 15 is 0 Å². The minimum Gasteiger partial charge on any atom is -0.380 e. The highest BCUT2D eigenvalue weighted by Crippen LogP contribution is 2.22. The average molecular weight is 290 g/mol. The van der Waals surface area contributed by atoms with Crippen molar-refractivity contribution < 1.29 is 4.79 Å². The molecule has 1 amide bonds. The monoisotopic (exact) mass is 289 g/mol. The molecular formula is C15H16ClN3O. The van der Waals surface area contributed by atoms with Crippen LogP contribution < -0.4 is 16.8 Å². The van der Waals surface area contributed by atoms with Gasteiger partial charge < -0.3 is 16.8 Å². The van der Waals surface area contributed by atoms with E-state index in [4.69, 9.17) is 23.1 Å². The zero-order chi connectivity index (χ0) is 14.5. The van der Waals surface area contributed by atoms with E-state index in [0.29, 0.717) is 29.4 Å². The highest BCUT2D eigenvalue weighted by Gasteiger charge is 2.09. The van der Waals surface area contributed by atoms with Crippen molar-refractivity contribution in [2.24, 2.45) is 11.5 Å². The Balaban J connectivity index is 2.22. The Morgan fingerprint density at radius 3 is 2.50 bits per heavy atom. The van der Waals surface area contributed by atoms with Crippen molar-refractivity contribution in [2.45, 2.75) is 13.1 Å². The number of carbonyl (C=O) groups is 1. The van der Waals surface area contributed by atoms with E-state index in [0.717, 1.165) is 11.1 Å². The predicted molar refractivity (Wildman–Crippen MR) is 81.6 cm³/mol. The first-order valence-electron chi connectivity index (χ1n) is 6.22. The summed E-state index contributed by atoms with van der Waals surface area (Å²) >= 11 is 5.95. The number of anilines is 1. The molecule has 0 aliphatic rings. The number of carbonyl (C=O) groups excluding carboxylic acids is 1. The molecule has 5 heteroatoms. The van der Waals surface area contributed by atoms with Crippen LogP contribution in [0.25, 0.3) is 0 Å². The summed E-state index contributed by atoms with van der Waals surface area (Å²) in [4.78, 5) is 11.4. The van der Waals surface area contributed by atoms with Gasteiger partial charge in [-0.3, -0.25) is 4.79 Å². The van der Waals surface area contributed by atoms with E-state index in [1.807, 2.05) is 24.3 Å². The zero-order valence-electron chi connectivity index (χ0n) is 10.9. The molecule has 0 heterocycles. The van der Waals surface area contributed by atoms with E-state index in [2.05, 4.69) is 5.32 Å². The first kappa shape index (κ1) is 14.4. The van der Waals surface area contributed by atoms with Gasteiger partial charge in [0.25, 0.3) is 5.91 Å².